The Balaban J connectivity index is 1.89. The lowest BCUT2D eigenvalue weighted by molar-refractivity contribution is -0.137. The first-order chi connectivity index (χ1) is 18.9. The number of halogens is 5. The fourth-order valence-electron chi connectivity index (χ4n) is 4.42. The summed E-state index contributed by atoms with van der Waals surface area (Å²) in [7, 11) is 0. The van der Waals surface area contributed by atoms with Gasteiger partial charge in [0.1, 0.15) is 0 Å². The van der Waals surface area contributed by atoms with Crippen molar-refractivity contribution >= 4 is 5.69 Å². The van der Waals surface area contributed by atoms with Gasteiger partial charge in [-0.1, -0.05) is 48.5 Å². The van der Waals surface area contributed by atoms with Crippen molar-refractivity contribution in [3.05, 3.63) is 131 Å². The standard InChI is InChI=1S/C30H25F5N4O/c1-28(31,32)24-13-14-26(37-19-24)29(17-20-7-3-2-4-8-20,22-10-6-11-23(16-22)30(33,34)35)39-27(40)38-25-12-5-9-21(15-25)18-36/h2-16,19,27,38-40H,17H2,1H3. The Morgan fingerprint density at radius 3 is 2.17 bits per heavy atom. The van der Waals surface area contributed by atoms with Crippen LogP contribution in [-0.2, 0) is 24.1 Å². The average Bonchev–Trinajstić information content (AvgIpc) is 2.92. The highest BCUT2D eigenvalue weighted by atomic mass is 19.4. The van der Waals surface area contributed by atoms with E-state index in [9.17, 15) is 32.3 Å². The topological polar surface area (TPSA) is 81.0 Å². The van der Waals surface area contributed by atoms with E-state index >= 15 is 0 Å². The fraction of sp³-hybridized carbons (Fsp3) is 0.200. The van der Waals surface area contributed by atoms with Crippen LogP contribution in [-0.4, -0.2) is 16.4 Å². The number of hydrogen-bond donors (Lipinski definition) is 3. The molecule has 1 aromatic heterocycles. The van der Waals surface area contributed by atoms with Gasteiger partial charge in [0.05, 0.1) is 28.4 Å². The van der Waals surface area contributed by atoms with Gasteiger partial charge in [0.15, 0.2) is 6.35 Å². The lowest BCUT2D eigenvalue weighted by Gasteiger charge is -2.38. The minimum atomic E-state index is -4.66. The molecule has 0 aliphatic carbocycles. The normalized spacial score (nSPS) is 14.2. The monoisotopic (exact) mass is 552 g/mol. The van der Waals surface area contributed by atoms with Gasteiger partial charge in [-0.25, -0.2) is 8.78 Å². The third-order valence-corrected chi connectivity index (χ3v) is 6.38. The summed E-state index contributed by atoms with van der Waals surface area (Å²) in [6, 6.07) is 24.1. The fourth-order valence-corrected chi connectivity index (χ4v) is 4.42. The Kier molecular flexibility index (Phi) is 8.18. The van der Waals surface area contributed by atoms with Crippen LogP contribution in [0.1, 0.15) is 40.4 Å². The number of aromatic nitrogens is 1. The molecule has 2 atom stereocenters. The van der Waals surface area contributed by atoms with E-state index in [1.165, 1.54) is 24.3 Å². The maximum absolute atomic E-state index is 14.0. The average molecular weight is 553 g/mol. The highest BCUT2D eigenvalue weighted by Gasteiger charge is 2.40. The maximum Gasteiger partial charge on any atom is 0.416 e. The number of aliphatic hydroxyl groups excluding tert-OH is 1. The van der Waals surface area contributed by atoms with Crippen molar-refractivity contribution in [2.45, 2.75) is 37.3 Å². The highest BCUT2D eigenvalue weighted by molar-refractivity contribution is 5.50. The van der Waals surface area contributed by atoms with Crippen molar-refractivity contribution in [2.75, 3.05) is 5.32 Å². The summed E-state index contributed by atoms with van der Waals surface area (Å²) in [5.74, 6) is -3.19. The molecule has 0 amide bonds. The predicted molar refractivity (Wildman–Crippen MR) is 140 cm³/mol. The molecule has 2 unspecified atom stereocenters. The summed E-state index contributed by atoms with van der Waals surface area (Å²) in [6.07, 6.45) is -5.26. The van der Waals surface area contributed by atoms with E-state index in [0.717, 1.165) is 31.3 Å². The lowest BCUT2D eigenvalue weighted by atomic mass is 9.79. The molecule has 3 N–H and O–H groups in total. The summed E-state index contributed by atoms with van der Waals surface area (Å²) < 4.78 is 69.3. The van der Waals surface area contributed by atoms with Gasteiger partial charge in [0.2, 0.25) is 0 Å². The molecule has 206 valence electrons. The zero-order chi connectivity index (χ0) is 29.0. The Labute approximate surface area is 227 Å². The zero-order valence-electron chi connectivity index (χ0n) is 21.3. The van der Waals surface area contributed by atoms with E-state index in [4.69, 9.17) is 0 Å². The quantitative estimate of drug-likeness (QED) is 0.162. The molecule has 0 aliphatic rings. The number of benzene rings is 3. The van der Waals surface area contributed by atoms with Crippen LogP contribution in [0.5, 0.6) is 0 Å². The number of pyridine rings is 1. The van der Waals surface area contributed by atoms with Crippen LogP contribution >= 0.6 is 0 Å². The molecule has 0 aliphatic heterocycles. The summed E-state index contributed by atoms with van der Waals surface area (Å²) in [6.45, 7) is 0.717. The molecule has 0 saturated heterocycles. The summed E-state index contributed by atoms with van der Waals surface area (Å²) >= 11 is 0. The molecular formula is C30H25F5N4O. The Bertz CT molecular complexity index is 1480. The van der Waals surface area contributed by atoms with Crippen molar-refractivity contribution in [3.63, 3.8) is 0 Å². The van der Waals surface area contributed by atoms with E-state index in [1.807, 2.05) is 6.07 Å². The van der Waals surface area contributed by atoms with Gasteiger partial charge in [-0.15, -0.1) is 0 Å². The van der Waals surface area contributed by atoms with Gasteiger partial charge in [0.25, 0.3) is 5.92 Å². The maximum atomic E-state index is 14.0. The highest BCUT2D eigenvalue weighted by Crippen LogP contribution is 2.38. The molecule has 0 saturated carbocycles. The van der Waals surface area contributed by atoms with Crippen molar-refractivity contribution in [3.8, 4) is 6.07 Å². The van der Waals surface area contributed by atoms with Crippen molar-refractivity contribution in [1.29, 1.82) is 5.26 Å². The van der Waals surface area contributed by atoms with Crippen LogP contribution in [0.2, 0.25) is 0 Å². The number of aliphatic hydroxyl groups is 1. The van der Waals surface area contributed by atoms with E-state index < -0.39 is 29.6 Å². The van der Waals surface area contributed by atoms with Gasteiger partial charge >= 0.3 is 6.18 Å². The molecule has 10 heteroatoms. The van der Waals surface area contributed by atoms with Crippen LogP contribution in [0.15, 0.2) is 97.2 Å². The molecule has 5 nitrogen and oxygen atoms in total. The van der Waals surface area contributed by atoms with Gasteiger partial charge in [0, 0.05) is 30.8 Å². The second-order valence-corrected chi connectivity index (χ2v) is 9.35. The van der Waals surface area contributed by atoms with E-state index in [0.29, 0.717) is 16.8 Å². The second kappa shape index (κ2) is 11.4. The Hall–Kier alpha value is -4.33. The largest absolute Gasteiger partial charge is 0.416 e. The van der Waals surface area contributed by atoms with Gasteiger partial charge in [-0.3, -0.25) is 10.3 Å². The van der Waals surface area contributed by atoms with Crippen LogP contribution in [0.3, 0.4) is 0 Å². The van der Waals surface area contributed by atoms with Gasteiger partial charge in [-0.2, -0.15) is 18.4 Å². The number of rotatable bonds is 9. The first-order valence-electron chi connectivity index (χ1n) is 12.2. The Morgan fingerprint density at radius 2 is 1.55 bits per heavy atom. The second-order valence-electron chi connectivity index (χ2n) is 9.35. The molecule has 40 heavy (non-hydrogen) atoms. The predicted octanol–water partition coefficient (Wildman–Crippen LogP) is 6.55. The number of nitriles is 1. The smallest absolute Gasteiger partial charge is 0.361 e. The molecule has 0 radical (unpaired) electrons. The molecule has 4 aromatic rings. The molecule has 0 spiro atoms. The number of nitrogens with one attached hydrogen (secondary N) is 2. The van der Waals surface area contributed by atoms with Crippen molar-refractivity contribution in [1.82, 2.24) is 10.3 Å². The summed E-state index contributed by atoms with van der Waals surface area (Å²) in [5, 5.41) is 26.1. The van der Waals surface area contributed by atoms with Crippen molar-refractivity contribution < 1.29 is 27.1 Å². The van der Waals surface area contributed by atoms with E-state index in [2.05, 4.69) is 15.6 Å². The van der Waals surface area contributed by atoms with Gasteiger partial charge < -0.3 is 10.4 Å². The molecular weight excluding hydrogens is 527 g/mol. The van der Waals surface area contributed by atoms with Crippen molar-refractivity contribution in [2.24, 2.45) is 0 Å². The first kappa shape index (κ1) is 28.7. The molecule has 0 bridgehead atoms. The summed E-state index contributed by atoms with van der Waals surface area (Å²) in [4.78, 5) is 4.26. The number of alkyl halides is 5. The number of nitrogens with zero attached hydrogens (tertiary/aromatic N) is 2. The molecule has 3 aromatic carbocycles. The van der Waals surface area contributed by atoms with Gasteiger partial charge in [-0.05, 0) is 53.6 Å². The molecule has 4 rings (SSSR count). The van der Waals surface area contributed by atoms with Crippen LogP contribution in [0.25, 0.3) is 0 Å². The first-order valence-corrected chi connectivity index (χ1v) is 12.2. The zero-order valence-corrected chi connectivity index (χ0v) is 21.3. The molecule has 0 fully saturated rings. The number of anilines is 1. The van der Waals surface area contributed by atoms with E-state index in [-0.39, 0.29) is 23.2 Å². The van der Waals surface area contributed by atoms with E-state index in [1.54, 1.807) is 48.5 Å². The Morgan fingerprint density at radius 1 is 0.850 bits per heavy atom. The van der Waals surface area contributed by atoms with Crippen LogP contribution in [0.4, 0.5) is 27.6 Å². The third-order valence-electron chi connectivity index (χ3n) is 6.38. The third kappa shape index (κ3) is 6.62. The number of hydrogen-bond acceptors (Lipinski definition) is 5. The minimum Gasteiger partial charge on any atom is -0.361 e. The minimum absolute atomic E-state index is 0.000982. The lowest BCUT2D eigenvalue weighted by Crippen LogP contribution is -2.53. The van der Waals surface area contributed by atoms with Crippen LogP contribution in [0, 0.1) is 11.3 Å². The SMILES string of the molecule is CC(F)(F)c1ccc(C(Cc2ccccc2)(NC(O)Nc2cccc(C#N)c2)c2cccc(C(F)(F)F)c2)nc1. The summed E-state index contributed by atoms with van der Waals surface area (Å²) in [5.41, 5.74) is -1.35. The molecule has 1 heterocycles. The van der Waals surface area contributed by atoms with Crippen LogP contribution < -0.4 is 10.6 Å².